The molecular formula is C85H144O17P2. The van der Waals surface area contributed by atoms with E-state index in [1.807, 2.05) is 0 Å². The largest absolute Gasteiger partial charge is 0.472 e. The van der Waals surface area contributed by atoms with Gasteiger partial charge in [-0.15, -0.1) is 0 Å². The molecule has 0 radical (unpaired) electrons. The van der Waals surface area contributed by atoms with Crippen molar-refractivity contribution in [3.8, 4) is 0 Å². The van der Waals surface area contributed by atoms with Crippen LogP contribution < -0.4 is 0 Å². The van der Waals surface area contributed by atoms with Gasteiger partial charge in [0.1, 0.15) is 19.3 Å². The molecule has 19 heteroatoms. The highest BCUT2D eigenvalue weighted by molar-refractivity contribution is 7.47. The molecule has 0 aliphatic carbocycles. The Bertz CT molecular complexity index is 2490. The van der Waals surface area contributed by atoms with Crippen molar-refractivity contribution in [2.45, 2.75) is 341 Å². The molecular weight excluding hydrogens is 1350 g/mol. The summed E-state index contributed by atoms with van der Waals surface area (Å²) in [5, 5.41) is 10.6. The zero-order valence-corrected chi connectivity index (χ0v) is 66.9. The molecule has 0 aromatic heterocycles. The van der Waals surface area contributed by atoms with E-state index in [-0.39, 0.29) is 25.7 Å². The predicted octanol–water partition coefficient (Wildman–Crippen LogP) is 23.7. The monoisotopic (exact) mass is 1500 g/mol. The van der Waals surface area contributed by atoms with Gasteiger partial charge in [0.15, 0.2) is 12.2 Å². The van der Waals surface area contributed by atoms with Crippen molar-refractivity contribution in [1.82, 2.24) is 0 Å². The Morgan fingerprint density at radius 3 is 0.808 bits per heavy atom. The second-order valence-electron chi connectivity index (χ2n) is 26.6. The van der Waals surface area contributed by atoms with Gasteiger partial charge in [0, 0.05) is 25.7 Å². The van der Waals surface area contributed by atoms with Crippen molar-refractivity contribution in [2.24, 2.45) is 0 Å². The molecule has 0 aliphatic heterocycles. The standard InChI is InChI=1S/C85H144O17P2/c1-5-9-13-17-21-25-29-32-35-37-39-41-44-47-51-54-58-62-66-70-83(88)96-76-81(102-85(90)72-68-64-60-56-52-48-45-42-40-38-36-33-30-26-22-18-14-10-6-2)78-100-104(93,94)98-74-79(86)73-97-103(91,92)99-77-80(101-84(89)71-67-63-59-55-49-28-24-20-16-12-8-4)75-95-82(87)69-65-61-57-53-50-46-43-34-31-27-23-19-15-11-7-3/h9,11,13,15,20-27,32-36,39-43,79-81,86H,5-8,10,12,14,16-19,28-31,37-38,44-78H2,1-4H3,(H,91,92)(H,93,94)/b13-9-,15-11-,24-20-,25-21-,26-22-,27-23-,35-32-,36-33-,41-39-,42-40-,43-34-. The van der Waals surface area contributed by atoms with Gasteiger partial charge in [0.25, 0.3) is 0 Å². The van der Waals surface area contributed by atoms with Crippen LogP contribution in [0.15, 0.2) is 134 Å². The number of carbonyl (C=O) groups is 4. The first-order chi connectivity index (χ1) is 50.7. The summed E-state index contributed by atoms with van der Waals surface area (Å²) in [5.74, 6) is -2.23. The number of phosphoric ester groups is 2. The molecule has 0 amide bonds. The summed E-state index contributed by atoms with van der Waals surface area (Å²) in [5.41, 5.74) is 0. The average molecular weight is 1500 g/mol. The highest BCUT2D eigenvalue weighted by atomic mass is 31.2. The van der Waals surface area contributed by atoms with E-state index in [4.69, 9.17) is 37.0 Å². The maximum absolute atomic E-state index is 13.1. The molecule has 5 atom stereocenters. The van der Waals surface area contributed by atoms with Gasteiger partial charge in [-0.25, -0.2) is 9.13 Å². The molecule has 3 N–H and O–H groups in total. The van der Waals surface area contributed by atoms with Crippen molar-refractivity contribution in [3.05, 3.63) is 134 Å². The molecule has 0 aromatic rings. The topological polar surface area (TPSA) is 237 Å². The summed E-state index contributed by atoms with van der Waals surface area (Å²) < 4.78 is 68.6. The van der Waals surface area contributed by atoms with Crippen LogP contribution in [0, 0.1) is 0 Å². The van der Waals surface area contributed by atoms with Crippen molar-refractivity contribution in [1.29, 1.82) is 0 Å². The third-order valence-electron chi connectivity index (χ3n) is 16.6. The minimum Gasteiger partial charge on any atom is -0.462 e. The van der Waals surface area contributed by atoms with Gasteiger partial charge in [-0.1, -0.05) is 277 Å². The Kier molecular flexibility index (Phi) is 72.9. The molecule has 0 fully saturated rings. The Balaban J connectivity index is 5.38. The first kappa shape index (κ1) is 99.2. The maximum Gasteiger partial charge on any atom is 0.472 e. The van der Waals surface area contributed by atoms with E-state index < -0.39 is 97.5 Å². The normalized spacial score (nSPS) is 14.6. The fourth-order valence-electron chi connectivity index (χ4n) is 10.4. The first-order valence-corrected chi connectivity index (χ1v) is 43.4. The maximum atomic E-state index is 13.1. The fourth-order valence-corrected chi connectivity index (χ4v) is 12.0. The second kappa shape index (κ2) is 76.4. The smallest absolute Gasteiger partial charge is 0.462 e. The summed E-state index contributed by atoms with van der Waals surface area (Å²) in [4.78, 5) is 73.0. The van der Waals surface area contributed by atoms with Crippen LogP contribution in [0.5, 0.6) is 0 Å². The number of aliphatic hydroxyl groups is 1. The zero-order valence-electron chi connectivity index (χ0n) is 65.2. The molecule has 0 aromatic carbocycles. The number of carbonyl (C=O) groups excluding carboxylic acids is 4. The van der Waals surface area contributed by atoms with Gasteiger partial charge < -0.3 is 33.8 Å². The quantitative estimate of drug-likeness (QED) is 0.0169. The zero-order chi connectivity index (χ0) is 76.0. The fraction of sp³-hybridized carbons (Fsp3) is 0.694. The average Bonchev–Trinajstić information content (AvgIpc) is 0.928. The first-order valence-electron chi connectivity index (χ1n) is 40.4. The van der Waals surface area contributed by atoms with Crippen LogP contribution in [0.25, 0.3) is 0 Å². The Morgan fingerprint density at radius 2 is 0.510 bits per heavy atom. The Morgan fingerprint density at radius 1 is 0.279 bits per heavy atom. The molecule has 0 spiro atoms. The van der Waals surface area contributed by atoms with E-state index in [9.17, 15) is 43.2 Å². The number of allylic oxidation sites excluding steroid dienone is 22. The van der Waals surface area contributed by atoms with E-state index in [2.05, 4.69) is 161 Å². The van der Waals surface area contributed by atoms with Gasteiger partial charge in [0.05, 0.1) is 26.4 Å². The van der Waals surface area contributed by atoms with Crippen LogP contribution in [-0.4, -0.2) is 96.7 Å². The number of unbranched alkanes of at least 4 members (excludes halogenated alkanes) is 27. The Hall–Kier alpha value is -4.80. The van der Waals surface area contributed by atoms with Crippen LogP contribution in [0.2, 0.25) is 0 Å². The lowest BCUT2D eigenvalue weighted by Gasteiger charge is -2.21. The number of hydrogen-bond acceptors (Lipinski definition) is 15. The van der Waals surface area contributed by atoms with Gasteiger partial charge in [-0.05, 0) is 154 Å². The van der Waals surface area contributed by atoms with Gasteiger partial charge >= 0.3 is 39.5 Å². The van der Waals surface area contributed by atoms with Gasteiger partial charge in [-0.3, -0.25) is 37.3 Å². The number of phosphoric acid groups is 2. The minimum atomic E-state index is -4.99. The van der Waals surface area contributed by atoms with Crippen LogP contribution in [0.1, 0.15) is 323 Å². The van der Waals surface area contributed by atoms with Crippen molar-refractivity contribution >= 4 is 39.5 Å². The molecule has 104 heavy (non-hydrogen) atoms. The number of ether oxygens (including phenoxy) is 4. The highest BCUT2D eigenvalue weighted by Crippen LogP contribution is 2.45. The number of esters is 4. The molecule has 0 saturated heterocycles. The molecule has 0 heterocycles. The number of rotatable bonds is 75. The summed E-state index contributed by atoms with van der Waals surface area (Å²) in [6.07, 6.45) is 85.7. The van der Waals surface area contributed by atoms with Crippen LogP contribution in [-0.2, 0) is 65.4 Å². The lowest BCUT2D eigenvalue weighted by molar-refractivity contribution is -0.161. The van der Waals surface area contributed by atoms with E-state index >= 15 is 0 Å². The SMILES string of the molecule is CC/C=C\C/C=C\C/C=C\C/C=C\CCCCCCCCC(=O)OCC(COP(=O)(O)OCC(O)COP(=O)(O)OCC(COC(=O)CCCCCCC/C=C\C/C=C\C/C=C\CC)OC(=O)CCCCCCC/C=C\CCCC)OC(=O)CCCCCCCC/C=C\C/C=C\C/C=C\CCCCC. The molecule has 596 valence electrons. The summed E-state index contributed by atoms with van der Waals surface area (Å²) in [7, 11) is -9.97. The van der Waals surface area contributed by atoms with Crippen LogP contribution in [0.3, 0.4) is 0 Å². The molecule has 0 bridgehead atoms. The lowest BCUT2D eigenvalue weighted by atomic mass is 10.1. The highest BCUT2D eigenvalue weighted by Gasteiger charge is 2.30. The summed E-state index contributed by atoms with van der Waals surface area (Å²) in [6, 6.07) is 0. The summed E-state index contributed by atoms with van der Waals surface area (Å²) in [6.45, 7) is 4.54. The van der Waals surface area contributed by atoms with Crippen LogP contribution >= 0.6 is 15.6 Å². The molecule has 0 rings (SSSR count). The number of hydrogen-bond donors (Lipinski definition) is 3. The lowest BCUT2D eigenvalue weighted by Crippen LogP contribution is -2.30. The Labute approximate surface area is 631 Å². The molecule has 0 saturated carbocycles. The van der Waals surface area contributed by atoms with E-state index in [0.717, 1.165) is 212 Å². The second-order valence-corrected chi connectivity index (χ2v) is 29.5. The van der Waals surface area contributed by atoms with E-state index in [1.54, 1.807) is 0 Å². The van der Waals surface area contributed by atoms with Gasteiger partial charge in [0.2, 0.25) is 0 Å². The van der Waals surface area contributed by atoms with Crippen molar-refractivity contribution in [2.75, 3.05) is 39.6 Å². The molecule has 0 aliphatic rings. The van der Waals surface area contributed by atoms with E-state index in [0.29, 0.717) is 25.7 Å². The van der Waals surface area contributed by atoms with Gasteiger partial charge in [-0.2, -0.15) is 0 Å². The molecule has 17 nitrogen and oxygen atoms in total. The number of aliphatic hydroxyl groups excluding tert-OH is 1. The molecule has 5 unspecified atom stereocenters. The minimum absolute atomic E-state index is 0.0737. The van der Waals surface area contributed by atoms with E-state index in [1.165, 1.54) is 32.1 Å². The summed E-state index contributed by atoms with van der Waals surface area (Å²) >= 11 is 0. The predicted molar refractivity (Wildman–Crippen MR) is 427 cm³/mol. The third kappa shape index (κ3) is 75.4. The van der Waals surface area contributed by atoms with Crippen molar-refractivity contribution < 1.29 is 80.2 Å². The van der Waals surface area contributed by atoms with Crippen LogP contribution in [0.4, 0.5) is 0 Å². The van der Waals surface area contributed by atoms with Crippen molar-refractivity contribution in [3.63, 3.8) is 0 Å². The third-order valence-corrected chi connectivity index (χ3v) is 18.5.